The number of carbonyl (C=O) groups excluding carboxylic acids is 2. The lowest BCUT2D eigenvalue weighted by Gasteiger charge is -2.12. The maximum atomic E-state index is 11.8. The summed E-state index contributed by atoms with van der Waals surface area (Å²) < 4.78 is 9.94. The van der Waals surface area contributed by atoms with Gasteiger partial charge in [0.15, 0.2) is 17.6 Å². The van der Waals surface area contributed by atoms with Crippen molar-refractivity contribution in [1.82, 2.24) is 0 Å². The zero-order valence-electron chi connectivity index (χ0n) is 10.5. The van der Waals surface area contributed by atoms with Crippen molar-refractivity contribution >= 4 is 23.5 Å². The van der Waals surface area contributed by atoms with Crippen LogP contribution in [0.1, 0.15) is 24.2 Å². The molecule has 104 valence electrons. The molecule has 7 heteroatoms. The molecule has 3 N–H and O–H groups in total. The molecule has 0 bridgehead atoms. The van der Waals surface area contributed by atoms with Crippen molar-refractivity contribution < 1.29 is 24.2 Å². The van der Waals surface area contributed by atoms with Crippen LogP contribution in [0.3, 0.4) is 0 Å². The lowest BCUT2D eigenvalue weighted by molar-refractivity contribution is -0.125. The summed E-state index contributed by atoms with van der Waals surface area (Å²) in [6.45, 7) is 3.36. The van der Waals surface area contributed by atoms with E-state index in [1.54, 1.807) is 6.92 Å². The topological polar surface area (TPSA) is 98.9 Å². The number of esters is 1. The third-order valence-corrected chi connectivity index (χ3v) is 2.54. The van der Waals surface area contributed by atoms with Crippen LogP contribution in [0, 0.1) is 0 Å². The molecule has 19 heavy (non-hydrogen) atoms. The van der Waals surface area contributed by atoms with Gasteiger partial charge in [0.05, 0.1) is 17.2 Å². The summed E-state index contributed by atoms with van der Waals surface area (Å²) in [5.74, 6) is -1.74. The highest BCUT2D eigenvalue weighted by Crippen LogP contribution is 2.35. The van der Waals surface area contributed by atoms with Crippen LogP contribution in [0.25, 0.3) is 0 Å². The molecule has 0 aromatic heterocycles. The monoisotopic (exact) mass is 287 g/mol. The summed E-state index contributed by atoms with van der Waals surface area (Å²) in [4.78, 5) is 22.6. The van der Waals surface area contributed by atoms with Gasteiger partial charge in [-0.2, -0.15) is 0 Å². The average molecular weight is 288 g/mol. The highest BCUT2D eigenvalue weighted by atomic mass is 35.5. The van der Waals surface area contributed by atoms with Crippen LogP contribution in [-0.4, -0.2) is 29.7 Å². The first kappa shape index (κ1) is 15.1. The number of ether oxygens (including phenoxy) is 2. The third-order valence-electron chi connectivity index (χ3n) is 2.25. The summed E-state index contributed by atoms with van der Waals surface area (Å²) in [7, 11) is 0. The Morgan fingerprint density at radius 2 is 2.11 bits per heavy atom. The fourth-order valence-corrected chi connectivity index (χ4v) is 1.45. The van der Waals surface area contributed by atoms with Crippen LogP contribution < -0.4 is 10.5 Å². The minimum Gasteiger partial charge on any atom is -0.503 e. The Morgan fingerprint density at radius 1 is 1.47 bits per heavy atom. The first-order valence-corrected chi connectivity index (χ1v) is 5.90. The fourth-order valence-electron chi connectivity index (χ4n) is 1.24. The third kappa shape index (κ3) is 3.75. The predicted octanol–water partition coefficient (Wildman–Crippen LogP) is 1.47. The van der Waals surface area contributed by atoms with Crippen molar-refractivity contribution in [1.29, 1.82) is 0 Å². The van der Waals surface area contributed by atoms with E-state index >= 15 is 0 Å². The van der Waals surface area contributed by atoms with E-state index in [1.807, 2.05) is 0 Å². The van der Waals surface area contributed by atoms with Crippen molar-refractivity contribution in [3.63, 3.8) is 0 Å². The second-order valence-corrected chi connectivity index (χ2v) is 4.09. The Balaban J connectivity index is 3.00. The first-order valence-electron chi connectivity index (χ1n) is 5.52. The molecular formula is C12H14ClNO5. The number of phenolic OH excluding ortho intramolecular Hbond substituents is 1. The molecule has 1 amide bonds. The standard InChI is InChI=1S/C12H14ClNO5/c1-3-18-9-5-7(4-8(13)10(9)15)12(17)19-6(2)11(14)16/h4-6,15H,3H2,1-2H3,(H2,14,16)/t6-/m0/s1. The van der Waals surface area contributed by atoms with Gasteiger partial charge in [-0.25, -0.2) is 4.79 Å². The first-order chi connectivity index (χ1) is 8.86. The van der Waals surface area contributed by atoms with Crippen LogP contribution in [0.15, 0.2) is 12.1 Å². The highest BCUT2D eigenvalue weighted by Gasteiger charge is 2.19. The minimum absolute atomic E-state index is 0.0513. The number of hydrogen-bond acceptors (Lipinski definition) is 5. The second-order valence-electron chi connectivity index (χ2n) is 3.69. The van der Waals surface area contributed by atoms with Crippen molar-refractivity contribution in [2.45, 2.75) is 20.0 Å². The smallest absolute Gasteiger partial charge is 0.339 e. The number of nitrogens with two attached hydrogens (primary N) is 1. The largest absolute Gasteiger partial charge is 0.503 e. The normalized spacial score (nSPS) is 11.7. The van der Waals surface area contributed by atoms with E-state index in [0.717, 1.165) is 0 Å². The van der Waals surface area contributed by atoms with Crippen LogP contribution >= 0.6 is 11.6 Å². The lowest BCUT2D eigenvalue weighted by atomic mass is 10.2. The van der Waals surface area contributed by atoms with E-state index < -0.39 is 18.0 Å². The van der Waals surface area contributed by atoms with Gasteiger partial charge in [-0.1, -0.05) is 11.6 Å². The van der Waals surface area contributed by atoms with Gasteiger partial charge in [0.1, 0.15) is 0 Å². The molecule has 0 saturated carbocycles. The molecule has 0 aliphatic heterocycles. The molecule has 0 aliphatic rings. The molecule has 0 saturated heterocycles. The number of carbonyl (C=O) groups is 2. The molecule has 0 fully saturated rings. The van der Waals surface area contributed by atoms with Crippen molar-refractivity contribution in [2.24, 2.45) is 5.73 Å². The maximum absolute atomic E-state index is 11.8. The van der Waals surface area contributed by atoms with Crippen molar-refractivity contribution in [3.8, 4) is 11.5 Å². The Morgan fingerprint density at radius 3 is 2.63 bits per heavy atom. The van der Waals surface area contributed by atoms with Gasteiger partial charge in [-0.05, 0) is 26.0 Å². The molecular weight excluding hydrogens is 274 g/mol. The van der Waals surface area contributed by atoms with E-state index in [1.165, 1.54) is 19.1 Å². The molecule has 0 radical (unpaired) electrons. The van der Waals surface area contributed by atoms with E-state index in [9.17, 15) is 14.7 Å². The molecule has 1 aromatic carbocycles. The number of benzene rings is 1. The summed E-state index contributed by atoms with van der Waals surface area (Å²) in [6.07, 6.45) is -1.06. The van der Waals surface area contributed by atoms with Gasteiger partial charge >= 0.3 is 5.97 Å². The van der Waals surface area contributed by atoms with E-state index in [4.69, 9.17) is 26.8 Å². The molecule has 0 heterocycles. The van der Waals surface area contributed by atoms with Crippen LogP contribution in [0.4, 0.5) is 0 Å². The van der Waals surface area contributed by atoms with Gasteiger partial charge < -0.3 is 20.3 Å². The van der Waals surface area contributed by atoms with Gasteiger partial charge in [-0.3, -0.25) is 4.79 Å². The second kappa shape index (κ2) is 6.29. The minimum atomic E-state index is -1.06. The molecule has 0 aliphatic carbocycles. The molecule has 1 rings (SSSR count). The molecule has 0 unspecified atom stereocenters. The van der Waals surface area contributed by atoms with Gasteiger partial charge in [0.25, 0.3) is 5.91 Å². The van der Waals surface area contributed by atoms with Crippen LogP contribution in [0.5, 0.6) is 11.5 Å². The maximum Gasteiger partial charge on any atom is 0.339 e. The quantitative estimate of drug-likeness (QED) is 0.799. The summed E-state index contributed by atoms with van der Waals surface area (Å²) >= 11 is 5.77. The highest BCUT2D eigenvalue weighted by molar-refractivity contribution is 6.32. The number of amides is 1. The number of hydrogen-bond donors (Lipinski definition) is 2. The predicted molar refractivity (Wildman–Crippen MR) is 68.4 cm³/mol. The van der Waals surface area contributed by atoms with Crippen LogP contribution in [-0.2, 0) is 9.53 Å². The number of halogens is 1. The zero-order valence-corrected chi connectivity index (χ0v) is 11.2. The summed E-state index contributed by atoms with van der Waals surface area (Å²) in [6, 6.07) is 2.50. The van der Waals surface area contributed by atoms with E-state index in [2.05, 4.69) is 0 Å². The van der Waals surface area contributed by atoms with E-state index in [0.29, 0.717) is 6.61 Å². The van der Waals surface area contributed by atoms with E-state index in [-0.39, 0.29) is 22.1 Å². The lowest BCUT2D eigenvalue weighted by Crippen LogP contribution is -2.30. The fraction of sp³-hybridized carbons (Fsp3) is 0.333. The Hall–Kier alpha value is -1.95. The zero-order chi connectivity index (χ0) is 14.6. The van der Waals surface area contributed by atoms with Crippen LogP contribution in [0.2, 0.25) is 5.02 Å². The number of aromatic hydroxyl groups is 1. The molecule has 1 aromatic rings. The van der Waals surface area contributed by atoms with Crippen molar-refractivity contribution in [3.05, 3.63) is 22.7 Å². The number of rotatable bonds is 5. The Labute approximate surface area is 115 Å². The van der Waals surface area contributed by atoms with Gasteiger partial charge in [0, 0.05) is 0 Å². The Kier molecular flexibility index (Phi) is 5.00. The SMILES string of the molecule is CCOc1cc(C(=O)O[C@@H](C)C(N)=O)cc(Cl)c1O. The Bertz CT molecular complexity index is 503. The summed E-state index contributed by atoms with van der Waals surface area (Å²) in [5.41, 5.74) is 5.04. The van der Waals surface area contributed by atoms with Gasteiger partial charge in [-0.15, -0.1) is 0 Å². The molecule has 0 spiro atoms. The molecule has 1 atom stereocenters. The average Bonchev–Trinajstić information content (AvgIpc) is 2.34. The number of phenols is 1. The summed E-state index contributed by atoms with van der Waals surface area (Å²) in [5, 5.41) is 9.57. The van der Waals surface area contributed by atoms with Gasteiger partial charge in [0.2, 0.25) is 0 Å². The molecule has 6 nitrogen and oxygen atoms in total. The number of primary amides is 1. The van der Waals surface area contributed by atoms with Crippen molar-refractivity contribution in [2.75, 3.05) is 6.61 Å².